The fraction of sp³-hybridized carbons (Fsp3) is 0.467. The van der Waals surface area contributed by atoms with Gasteiger partial charge in [0, 0.05) is 49.4 Å². The van der Waals surface area contributed by atoms with E-state index in [-0.39, 0.29) is 29.2 Å². The molecule has 212 valence electrons. The van der Waals surface area contributed by atoms with E-state index >= 15 is 8.78 Å². The number of hydrogen-bond donors (Lipinski definition) is 1. The number of likely N-dealkylation sites (N-methyl/N-ethyl adjacent to an activating group) is 1. The third kappa shape index (κ3) is 5.42. The van der Waals surface area contributed by atoms with Crippen LogP contribution in [0.5, 0.6) is 0 Å². The van der Waals surface area contributed by atoms with E-state index in [4.69, 9.17) is 4.98 Å². The van der Waals surface area contributed by atoms with E-state index in [0.717, 1.165) is 56.6 Å². The number of imidazole rings is 1. The number of aryl methyl sites for hydroxylation is 1. The summed E-state index contributed by atoms with van der Waals surface area (Å²) in [6, 6.07) is 7.51. The van der Waals surface area contributed by atoms with Gasteiger partial charge in [0.15, 0.2) is 11.6 Å². The number of fused-ring (bicyclic) bond motifs is 2. The van der Waals surface area contributed by atoms with Crippen LogP contribution in [0.15, 0.2) is 30.5 Å². The van der Waals surface area contributed by atoms with Gasteiger partial charge < -0.3 is 14.8 Å². The van der Waals surface area contributed by atoms with Crippen LogP contribution in [-0.2, 0) is 6.42 Å². The Kier molecular flexibility index (Phi) is 8.09. The Bertz CT molecular complexity index is 1510. The zero-order valence-electron chi connectivity index (χ0n) is 24.2. The third-order valence-electron chi connectivity index (χ3n) is 7.97. The Hall–Kier alpha value is -3.50. The van der Waals surface area contributed by atoms with Gasteiger partial charge in [-0.25, -0.2) is 28.7 Å². The van der Waals surface area contributed by atoms with Crippen molar-refractivity contribution in [2.75, 3.05) is 39.0 Å². The highest BCUT2D eigenvalue weighted by molar-refractivity contribution is 5.83. The minimum absolute atomic E-state index is 0.0244. The summed E-state index contributed by atoms with van der Waals surface area (Å²) in [5.41, 5.74) is 3.54. The van der Waals surface area contributed by atoms with E-state index in [9.17, 15) is 0 Å². The number of pyridine rings is 1. The summed E-state index contributed by atoms with van der Waals surface area (Å²) in [5.74, 6) is 0.399. The quantitative estimate of drug-likeness (QED) is 0.273. The molecule has 1 aromatic carbocycles. The van der Waals surface area contributed by atoms with Gasteiger partial charge in [-0.3, -0.25) is 4.90 Å². The van der Waals surface area contributed by atoms with Crippen LogP contribution >= 0.6 is 0 Å². The normalized spacial score (nSPS) is 15.8. The van der Waals surface area contributed by atoms with E-state index in [2.05, 4.69) is 71.0 Å². The predicted octanol–water partition coefficient (Wildman–Crippen LogP) is 6.06. The minimum Gasteiger partial charge on any atom is -0.325 e. The molecule has 1 aliphatic heterocycles. The smallest absolute Gasteiger partial charge is 0.229 e. The van der Waals surface area contributed by atoms with Crippen molar-refractivity contribution in [3.8, 4) is 11.3 Å². The lowest BCUT2D eigenvalue weighted by Gasteiger charge is -2.35. The second-order valence-corrected chi connectivity index (χ2v) is 10.8. The molecule has 5 rings (SSSR count). The van der Waals surface area contributed by atoms with Gasteiger partial charge in [0.1, 0.15) is 22.9 Å². The Morgan fingerprint density at radius 2 is 1.85 bits per heavy atom. The number of hydrogen-bond acceptors (Lipinski definition) is 7. The zero-order valence-corrected chi connectivity index (χ0v) is 24.2. The number of halogens is 2. The lowest BCUT2D eigenvalue weighted by Crippen LogP contribution is -2.38. The van der Waals surface area contributed by atoms with Crippen LogP contribution in [0.2, 0.25) is 0 Å². The van der Waals surface area contributed by atoms with Crippen LogP contribution in [0.4, 0.5) is 20.5 Å². The van der Waals surface area contributed by atoms with Gasteiger partial charge in [-0.05, 0) is 64.5 Å². The molecule has 0 saturated carbocycles. The summed E-state index contributed by atoms with van der Waals surface area (Å²) in [6.07, 6.45) is 3.72. The van der Waals surface area contributed by atoms with Gasteiger partial charge in [0.05, 0.1) is 11.7 Å². The minimum atomic E-state index is -0.625. The lowest BCUT2D eigenvalue weighted by molar-refractivity contribution is 0.178. The average Bonchev–Trinajstić information content (AvgIpc) is 3.26. The molecule has 1 atom stereocenters. The molecule has 0 unspecified atom stereocenters. The summed E-state index contributed by atoms with van der Waals surface area (Å²) < 4.78 is 32.3. The fourth-order valence-electron chi connectivity index (χ4n) is 5.70. The van der Waals surface area contributed by atoms with Crippen LogP contribution in [0.1, 0.15) is 62.8 Å². The van der Waals surface area contributed by atoms with Crippen LogP contribution in [0, 0.1) is 18.6 Å². The highest BCUT2D eigenvalue weighted by atomic mass is 19.1. The molecule has 40 heavy (non-hydrogen) atoms. The first-order valence-corrected chi connectivity index (χ1v) is 14.1. The van der Waals surface area contributed by atoms with Gasteiger partial charge in [0.2, 0.25) is 5.95 Å². The zero-order chi connectivity index (χ0) is 28.6. The first kappa shape index (κ1) is 28.0. The van der Waals surface area contributed by atoms with Crippen molar-refractivity contribution in [1.29, 1.82) is 0 Å². The second kappa shape index (κ2) is 11.5. The monoisotopic (exact) mass is 548 g/mol. The Labute approximate surface area is 234 Å². The predicted molar refractivity (Wildman–Crippen MR) is 155 cm³/mol. The third-order valence-corrected chi connectivity index (χ3v) is 7.97. The first-order chi connectivity index (χ1) is 19.2. The molecule has 0 fully saturated rings. The summed E-state index contributed by atoms with van der Waals surface area (Å²) in [4.78, 5) is 22.5. The van der Waals surface area contributed by atoms with Gasteiger partial charge in [-0.15, -0.1) is 0 Å². The largest absolute Gasteiger partial charge is 0.325 e. The van der Waals surface area contributed by atoms with Crippen molar-refractivity contribution >= 4 is 22.8 Å². The number of anilines is 2. The molecule has 8 nitrogen and oxygen atoms in total. The highest BCUT2D eigenvalue weighted by Gasteiger charge is 2.25. The SMILES string of the molecule is CCC(CC)n1c(C)nc2c(F)cc(-c3nc(Nc4ccc5c(n4)CCN(CCN(C)C)[C@H]5C)ncc3F)cc21. The van der Waals surface area contributed by atoms with Crippen molar-refractivity contribution in [2.24, 2.45) is 0 Å². The van der Waals surface area contributed by atoms with Crippen molar-refractivity contribution in [3.05, 3.63) is 59.2 Å². The Balaban J connectivity index is 1.43. The molecule has 4 heterocycles. The number of nitrogens with one attached hydrogen (secondary N) is 1. The highest BCUT2D eigenvalue weighted by Crippen LogP contribution is 2.33. The number of aromatic nitrogens is 5. The van der Waals surface area contributed by atoms with Gasteiger partial charge >= 0.3 is 0 Å². The van der Waals surface area contributed by atoms with Crippen LogP contribution in [0.3, 0.4) is 0 Å². The molecule has 3 aromatic heterocycles. The molecule has 10 heteroatoms. The maximum absolute atomic E-state index is 15.2. The summed E-state index contributed by atoms with van der Waals surface area (Å²) in [6.45, 7) is 11.2. The van der Waals surface area contributed by atoms with E-state index in [0.29, 0.717) is 16.9 Å². The maximum Gasteiger partial charge on any atom is 0.229 e. The molecule has 0 amide bonds. The summed E-state index contributed by atoms with van der Waals surface area (Å²) in [5, 5.41) is 3.13. The van der Waals surface area contributed by atoms with E-state index < -0.39 is 11.6 Å². The molecular weight excluding hydrogens is 510 g/mol. The van der Waals surface area contributed by atoms with Crippen molar-refractivity contribution in [3.63, 3.8) is 0 Å². The van der Waals surface area contributed by atoms with Crippen LogP contribution in [0.25, 0.3) is 22.3 Å². The summed E-state index contributed by atoms with van der Waals surface area (Å²) in [7, 11) is 4.17. The van der Waals surface area contributed by atoms with Gasteiger partial charge in [-0.1, -0.05) is 19.9 Å². The molecule has 1 N–H and O–H groups in total. The van der Waals surface area contributed by atoms with E-state index in [1.807, 2.05) is 17.6 Å². The second-order valence-electron chi connectivity index (χ2n) is 10.8. The Morgan fingerprint density at radius 3 is 2.58 bits per heavy atom. The molecule has 0 radical (unpaired) electrons. The molecule has 0 saturated heterocycles. The number of benzene rings is 1. The van der Waals surface area contributed by atoms with Crippen LogP contribution < -0.4 is 5.32 Å². The summed E-state index contributed by atoms with van der Waals surface area (Å²) >= 11 is 0. The number of rotatable bonds is 9. The average molecular weight is 549 g/mol. The molecular formula is C30H38F2N8. The fourth-order valence-corrected chi connectivity index (χ4v) is 5.70. The first-order valence-electron chi connectivity index (χ1n) is 14.1. The lowest BCUT2D eigenvalue weighted by atomic mass is 9.98. The number of nitrogens with zero attached hydrogens (tertiary/aromatic N) is 7. The molecule has 0 aliphatic carbocycles. The van der Waals surface area contributed by atoms with E-state index in [1.165, 1.54) is 11.6 Å². The standard InChI is InChI=1S/C30H38F2N8/c1-7-21(8-2)40-19(4)34-29-23(31)15-20(16-26(29)40)28-24(32)17-33-30(37-28)36-27-10-9-22-18(3)39(14-13-38(5)6)12-11-25(22)35-27/h9-10,15-18,21H,7-8,11-14H2,1-6H3,(H,33,35,36,37)/t18-/m0/s1. The molecule has 4 aromatic rings. The molecule has 0 spiro atoms. The van der Waals surface area contributed by atoms with Crippen molar-refractivity contribution in [1.82, 2.24) is 34.3 Å². The Morgan fingerprint density at radius 1 is 1.07 bits per heavy atom. The van der Waals surface area contributed by atoms with E-state index in [1.54, 1.807) is 6.07 Å². The van der Waals surface area contributed by atoms with Gasteiger partial charge in [-0.2, -0.15) is 0 Å². The molecule has 0 bridgehead atoms. The van der Waals surface area contributed by atoms with Crippen molar-refractivity contribution < 1.29 is 8.78 Å². The maximum atomic E-state index is 15.2. The van der Waals surface area contributed by atoms with Crippen LogP contribution in [-0.4, -0.2) is 68.0 Å². The van der Waals surface area contributed by atoms with Crippen molar-refractivity contribution in [2.45, 2.75) is 59.0 Å². The van der Waals surface area contributed by atoms with Gasteiger partial charge in [0.25, 0.3) is 0 Å². The topological polar surface area (TPSA) is 75.0 Å². The molecule has 1 aliphatic rings.